The third-order valence-electron chi connectivity index (χ3n) is 1.42. The highest BCUT2D eigenvalue weighted by molar-refractivity contribution is 4.51. The smallest absolute Gasteiger partial charge is 0.0723 e. The Balaban J connectivity index is 3.19. The van der Waals surface area contributed by atoms with Gasteiger partial charge in [-0.1, -0.05) is 13.8 Å². The van der Waals surface area contributed by atoms with Crippen molar-refractivity contribution in [3.63, 3.8) is 0 Å². The van der Waals surface area contributed by atoms with Crippen LogP contribution in [0.25, 0.3) is 0 Å². The molecule has 0 saturated carbocycles. The molecule has 0 aromatic heterocycles. The summed E-state index contributed by atoms with van der Waals surface area (Å²) in [4.78, 5) is 2.25. The maximum atomic E-state index is 6.54. The summed E-state index contributed by atoms with van der Waals surface area (Å²) in [5.74, 6) is 0. The van der Waals surface area contributed by atoms with Gasteiger partial charge in [-0.2, -0.15) is 5.11 Å². The van der Waals surface area contributed by atoms with Gasteiger partial charge in [0.2, 0.25) is 0 Å². The number of rotatable bonds is 5. The highest BCUT2D eigenvalue weighted by Crippen LogP contribution is 1.84. The summed E-state index contributed by atoms with van der Waals surface area (Å²) >= 11 is 0. The van der Waals surface area contributed by atoms with Crippen molar-refractivity contribution in [3.05, 3.63) is 0 Å². The summed E-state index contributed by atoms with van der Waals surface area (Å²) in [5.41, 5.74) is 6.54. The van der Waals surface area contributed by atoms with E-state index in [4.69, 9.17) is 5.53 Å². The number of hydrogen-bond acceptors (Lipinski definition) is 3. The van der Waals surface area contributed by atoms with Crippen LogP contribution in [0.3, 0.4) is 0 Å². The zero-order valence-corrected chi connectivity index (χ0v) is 6.22. The maximum Gasteiger partial charge on any atom is 0.0723 e. The van der Waals surface area contributed by atoms with Gasteiger partial charge in [0.25, 0.3) is 0 Å². The lowest BCUT2D eigenvalue weighted by atomic mass is 10.5. The summed E-state index contributed by atoms with van der Waals surface area (Å²) < 4.78 is 0. The van der Waals surface area contributed by atoms with Crippen LogP contribution in [-0.2, 0) is 0 Å². The second kappa shape index (κ2) is 5.69. The monoisotopic (exact) mass is 129 g/mol. The first kappa shape index (κ1) is 8.56. The average molecular weight is 129 g/mol. The standard InChI is InChI=1S/C6H15N3/c1-3-9(4-2)6-5-8-7/h7H,3-6H2,1-2H3. The van der Waals surface area contributed by atoms with Crippen molar-refractivity contribution >= 4 is 0 Å². The molecule has 0 saturated heterocycles. The van der Waals surface area contributed by atoms with E-state index in [2.05, 4.69) is 23.9 Å². The molecule has 1 N–H and O–H groups in total. The van der Waals surface area contributed by atoms with Gasteiger partial charge >= 0.3 is 0 Å². The fourth-order valence-electron chi connectivity index (χ4n) is 0.731. The molecule has 3 heteroatoms. The summed E-state index contributed by atoms with van der Waals surface area (Å²) in [6.07, 6.45) is 0. The van der Waals surface area contributed by atoms with Crippen molar-refractivity contribution in [3.8, 4) is 0 Å². The van der Waals surface area contributed by atoms with E-state index in [9.17, 15) is 0 Å². The zero-order chi connectivity index (χ0) is 7.11. The molecule has 0 bridgehead atoms. The van der Waals surface area contributed by atoms with Crippen molar-refractivity contribution in [2.24, 2.45) is 5.11 Å². The summed E-state index contributed by atoms with van der Waals surface area (Å²) in [7, 11) is 0. The van der Waals surface area contributed by atoms with E-state index in [1.807, 2.05) is 0 Å². The molecule has 0 aromatic rings. The SMILES string of the molecule is CCN(CC)CCN=N. The highest BCUT2D eigenvalue weighted by atomic mass is 15.1. The Bertz CT molecular complexity index is 68.7. The van der Waals surface area contributed by atoms with Crippen molar-refractivity contribution in [2.45, 2.75) is 13.8 Å². The van der Waals surface area contributed by atoms with Gasteiger partial charge in [0.05, 0.1) is 6.54 Å². The van der Waals surface area contributed by atoms with Crippen LogP contribution in [0.5, 0.6) is 0 Å². The molecule has 3 nitrogen and oxygen atoms in total. The minimum Gasteiger partial charge on any atom is -0.302 e. The molecule has 54 valence electrons. The van der Waals surface area contributed by atoms with E-state index >= 15 is 0 Å². The Morgan fingerprint density at radius 2 is 1.89 bits per heavy atom. The molecule has 0 aromatic carbocycles. The first-order chi connectivity index (χ1) is 4.35. The van der Waals surface area contributed by atoms with Gasteiger partial charge in [-0.05, 0) is 13.1 Å². The Morgan fingerprint density at radius 3 is 2.22 bits per heavy atom. The molecule has 0 aliphatic rings. The lowest BCUT2D eigenvalue weighted by molar-refractivity contribution is 0.311. The molecule has 0 radical (unpaired) electrons. The Labute approximate surface area is 56.6 Å². The molecule has 0 unspecified atom stereocenters. The minimum absolute atomic E-state index is 0.641. The van der Waals surface area contributed by atoms with Crippen molar-refractivity contribution in [1.29, 1.82) is 5.53 Å². The Hall–Kier alpha value is -0.440. The summed E-state index contributed by atoms with van der Waals surface area (Å²) in [6.45, 7) is 7.93. The molecule has 0 aliphatic carbocycles. The number of hydrogen-bond donors (Lipinski definition) is 1. The van der Waals surface area contributed by atoms with Crippen LogP contribution in [0, 0.1) is 5.53 Å². The lowest BCUT2D eigenvalue weighted by Crippen LogP contribution is -2.25. The van der Waals surface area contributed by atoms with Gasteiger partial charge in [0.15, 0.2) is 0 Å². The lowest BCUT2D eigenvalue weighted by Gasteiger charge is -2.15. The first-order valence-electron chi connectivity index (χ1n) is 3.40. The molecule has 9 heavy (non-hydrogen) atoms. The van der Waals surface area contributed by atoms with E-state index < -0.39 is 0 Å². The van der Waals surface area contributed by atoms with Crippen molar-refractivity contribution in [1.82, 2.24) is 4.90 Å². The second-order valence-corrected chi connectivity index (χ2v) is 1.91. The molecular formula is C6H15N3. The third-order valence-corrected chi connectivity index (χ3v) is 1.42. The fourth-order valence-corrected chi connectivity index (χ4v) is 0.731. The van der Waals surface area contributed by atoms with E-state index in [1.165, 1.54) is 0 Å². The van der Waals surface area contributed by atoms with Gasteiger partial charge in [0.1, 0.15) is 0 Å². The van der Waals surface area contributed by atoms with Crippen LogP contribution in [0.1, 0.15) is 13.8 Å². The minimum atomic E-state index is 0.641. The molecule has 0 fully saturated rings. The molecule has 0 atom stereocenters. The quantitative estimate of drug-likeness (QED) is 0.559. The topological polar surface area (TPSA) is 39.5 Å². The number of nitrogens with one attached hydrogen (secondary N) is 1. The van der Waals surface area contributed by atoms with Gasteiger partial charge in [-0.25, -0.2) is 5.53 Å². The van der Waals surface area contributed by atoms with Crippen LogP contribution in [-0.4, -0.2) is 31.1 Å². The molecular weight excluding hydrogens is 114 g/mol. The maximum absolute atomic E-state index is 6.54. The van der Waals surface area contributed by atoms with E-state index in [-0.39, 0.29) is 0 Å². The Morgan fingerprint density at radius 1 is 1.33 bits per heavy atom. The van der Waals surface area contributed by atoms with Crippen LogP contribution in [0.15, 0.2) is 5.11 Å². The number of likely N-dealkylation sites (N-methyl/N-ethyl adjacent to an activating group) is 1. The van der Waals surface area contributed by atoms with E-state index in [1.54, 1.807) is 0 Å². The predicted molar refractivity (Wildman–Crippen MR) is 37.8 cm³/mol. The molecule has 0 spiro atoms. The van der Waals surface area contributed by atoms with Gasteiger partial charge in [-0.3, -0.25) is 0 Å². The number of nitrogens with zero attached hydrogens (tertiary/aromatic N) is 2. The zero-order valence-electron chi connectivity index (χ0n) is 6.22. The first-order valence-corrected chi connectivity index (χ1v) is 3.40. The van der Waals surface area contributed by atoms with Gasteiger partial charge in [0, 0.05) is 6.54 Å². The van der Waals surface area contributed by atoms with E-state index in [0.717, 1.165) is 19.6 Å². The highest BCUT2D eigenvalue weighted by Gasteiger charge is 1.94. The molecule has 0 aliphatic heterocycles. The fraction of sp³-hybridized carbons (Fsp3) is 1.00. The van der Waals surface area contributed by atoms with Crippen LogP contribution in [0.4, 0.5) is 0 Å². The van der Waals surface area contributed by atoms with Crippen molar-refractivity contribution in [2.75, 3.05) is 26.2 Å². The molecule has 0 amide bonds. The summed E-state index contributed by atoms with van der Waals surface area (Å²) in [6, 6.07) is 0. The predicted octanol–water partition coefficient (Wildman–Crippen LogP) is 1.36. The van der Waals surface area contributed by atoms with Crippen molar-refractivity contribution < 1.29 is 0 Å². The molecule has 0 heterocycles. The van der Waals surface area contributed by atoms with Gasteiger partial charge in [-0.15, -0.1) is 0 Å². The summed E-state index contributed by atoms with van der Waals surface area (Å²) in [5, 5.41) is 3.28. The Kier molecular flexibility index (Phi) is 5.41. The second-order valence-electron chi connectivity index (χ2n) is 1.91. The third kappa shape index (κ3) is 4.09. The van der Waals surface area contributed by atoms with Crippen LogP contribution in [0.2, 0.25) is 0 Å². The van der Waals surface area contributed by atoms with Gasteiger partial charge < -0.3 is 4.90 Å². The largest absolute Gasteiger partial charge is 0.302 e. The normalized spacial score (nSPS) is 10.1. The van der Waals surface area contributed by atoms with Crippen LogP contribution < -0.4 is 0 Å². The average Bonchev–Trinajstić information content (AvgIpc) is 1.91. The van der Waals surface area contributed by atoms with E-state index in [0.29, 0.717) is 6.54 Å². The molecule has 0 rings (SSSR count). The van der Waals surface area contributed by atoms with Crippen LogP contribution >= 0.6 is 0 Å².